The minimum Gasteiger partial charge on any atom is -0.379 e. The first-order valence-corrected chi connectivity index (χ1v) is 7.88. The maximum Gasteiger partial charge on any atom is 0.0620 e. The monoisotopic (exact) mass is 252 g/mol. The van der Waals surface area contributed by atoms with Crippen molar-refractivity contribution in [3.05, 3.63) is 0 Å². The molecule has 3 saturated carbocycles. The highest BCUT2D eigenvalue weighted by Gasteiger charge is 2.35. The highest BCUT2D eigenvalue weighted by atomic mass is 16.5. The smallest absolute Gasteiger partial charge is 0.0620 e. The second-order valence-electron chi connectivity index (χ2n) is 6.65. The van der Waals surface area contributed by atoms with Gasteiger partial charge in [-0.1, -0.05) is 12.8 Å². The van der Waals surface area contributed by atoms with Gasteiger partial charge < -0.3 is 15.4 Å². The third-order valence-corrected chi connectivity index (χ3v) is 5.18. The molecule has 0 amide bonds. The van der Waals surface area contributed by atoms with E-state index < -0.39 is 0 Å². The number of rotatable bonds is 4. The van der Waals surface area contributed by atoms with Crippen LogP contribution in [-0.4, -0.2) is 37.9 Å². The van der Waals surface area contributed by atoms with Gasteiger partial charge in [-0.2, -0.15) is 0 Å². The molecule has 3 aliphatic carbocycles. The Morgan fingerprint density at radius 3 is 2.72 bits per heavy atom. The zero-order chi connectivity index (χ0) is 12.4. The summed E-state index contributed by atoms with van der Waals surface area (Å²) in [6, 6.07) is 1.98. The van der Waals surface area contributed by atoms with Gasteiger partial charge in [0.25, 0.3) is 0 Å². The molecule has 0 radical (unpaired) electrons. The van der Waals surface area contributed by atoms with Gasteiger partial charge in [-0.05, 0) is 44.4 Å². The quantitative estimate of drug-likeness (QED) is 0.802. The van der Waals surface area contributed by atoms with Crippen LogP contribution in [0.1, 0.15) is 45.4 Å². The van der Waals surface area contributed by atoms with Crippen molar-refractivity contribution in [1.82, 2.24) is 10.6 Å². The maximum atomic E-state index is 5.53. The van der Waals surface area contributed by atoms with E-state index in [0.717, 1.165) is 37.6 Å². The van der Waals surface area contributed by atoms with E-state index in [9.17, 15) is 0 Å². The molecule has 2 N–H and O–H groups in total. The zero-order valence-corrected chi connectivity index (χ0v) is 11.7. The van der Waals surface area contributed by atoms with Crippen molar-refractivity contribution >= 4 is 0 Å². The molecule has 0 aromatic rings. The van der Waals surface area contributed by atoms with Crippen LogP contribution >= 0.6 is 0 Å². The summed E-state index contributed by atoms with van der Waals surface area (Å²) in [7, 11) is 0. The average molecular weight is 252 g/mol. The summed E-state index contributed by atoms with van der Waals surface area (Å²) in [5.41, 5.74) is 0. The van der Waals surface area contributed by atoms with Gasteiger partial charge in [0, 0.05) is 24.7 Å². The zero-order valence-electron chi connectivity index (χ0n) is 11.7. The lowest BCUT2D eigenvalue weighted by Gasteiger charge is -2.44. The highest BCUT2D eigenvalue weighted by Crippen LogP contribution is 2.41. The summed E-state index contributed by atoms with van der Waals surface area (Å²) in [4.78, 5) is 0. The van der Waals surface area contributed by atoms with Crippen molar-refractivity contribution in [2.24, 2.45) is 11.8 Å². The van der Waals surface area contributed by atoms with E-state index >= 15 is 0 Å². The molecule has 104 valence electrons. The molecule has 18 heavy (non-hydrogen) atoms. The lowest BCUT2D eigenvalue weighted by molar-refractivity contribution is 0.0667. The largest absolute Gasteiger partial charge is 0.379 e. The number of ether oxygens (including phenoxy) is 1. The molecule has 3 heteroatoms. The lowest BCUT2D eigenvalue weighted by Crippen LogP contribution is -2.51. The van der Waals surface area contributed by atoms with Crippen LogP contribution in [0.5, 0.6) is 0 Å². The summed E-state index contributed by atoms with van der Waals surface area (Å²) in [6.07, 6.45) is 8.57. The lowest BCUT2D eigenvalue weighted by atomic mass is 9.68. The Balaban J connectivity index is 1.44. The summed E-state index contributed by atoms with van der Waals surface area (Å²) in [6.45, 7) is 5.14. The molecular formula is C15H28N2O. The molecule has 4 aliphatic rings. The first kappa shape index (κ1) is 12.9. The minimum atomic E-state index is 0.557. The predicted octanol–water partition coefficient (Wildman–Crippen LogP) is 1.92. The third kappa shape index (κ3) is 3.06. The van der Waals surface area contributed by atoms with Crippen LogP contribution in [0, 0.1) is 11.8 Å². The second kappa shape index (κ2) is 5.89. The van der Waals surface area contributed by atoms with Crippen LogP contribution in [0.15, 0.2) is 0 Å². The summed E-state index contributed by atoms with van der Waals surface area (Å²) in [5.74, 6) is 1.99. The van der Waals surface area contributed by atoms with Gasteiger partial charge in [-0.15, -0.1) is 0 Å². The van der Waals surface area contributed by atoms with Crippen LogP contribution in [0.2, 0.25) is 0 Å². The highest BCUT2D eigenvalue weighted by molar-refractivity contribution is 4.92. The van der Waals surface area contributed by atoms with Gasteiger partial charge in [0.2, 0.25) is 0 Å². The van der Waals surface area contributed by atoms with E-state index in [-0.39, 0.29) is 0 Å². The maximum absolute atomic E-state index is 5.53. The number of hydrogen-bond donors (Lipinski definition) is 2. The SMILES string of the molecule is CC(CC1COCCN1)NC1CC2CCC1CC2. The molecule has 4 fully saturated rings. The topological polar surface area (TPSA) is 33.3 Å². The van der Waals surface area contributed by atoms with E-state index in [2.05, 4.69) is 17.6 Å². The summed E-state index contributed by atoms with van der Waals surface area (Å²) in [5, 5.41) is 7.46. The van der Waals surface area contributed by atoms with Gasteiger partial charge in [0.1, 0.15) is 0 Å². The molecule has 1 saturated heterocycles. The van der Waals surface area contributed by atoms with Crippen LogP contribution in [0.3, 0.4) is 0 Å². The van der Waals surface area contributed by atoms with Gasteiger partial charge in [0.05, 0.1) is 13.2 Å². The number of morpholine rings is 1. The van der Waals surface area contributed by atoms with E-state index in [1.165, 1.54) is 38.5 Å². The number of nitrogens with one attached hydrogen (secondary N) is 2. The van der Waals surface area contributed by atoms with Crippen LogP contribution in [0.4, 0.5) is 0 Å². The van der Waals surface area contributed by atoms with Crippen LogP contribution < -0.4 is 10.6 Å². The minimum absolute atomic E-state index is 0.557. The Labute approximate surface area is 111 Å². The van der Waals surface area contributed by atoms with Crippen molar-refractivity contribution in [1.29, 1.82) is 0 Å². The predicted molar refractivity (Wildman–Crippen MR) is 73.7 cm³/mol. The van der Waals surface area contributed by atoms with Gasteiger partial charge in [-0.25, -0.2) is 0 Å². The molecular weight excluding hydrogens is 224 g/mol. The molecule has 3 nitrogen and oxygen atoms in total. The Kier molecular flexibility index (Phi) is 4.22. The van der Waals surface area contributed by atoms with Crippen LogP contribution in [0.25, 0.3) is 0 Å². The van der Waals surface area contributed by atoms with Crippen molar-refractivity contribution in [3.8, 4) is 0 Å². The van der Waals surface area contributed by atoms with Crippen molar-refractivity contribution in [2.45, 2.75) is 63.6 Å². The Bertz CT molecular complexity index is 257. The number of fused-ring (bicyclic) bond motifs is 3. The Hall–Kier alpha value is -0.120. The van der Waals surface area contributed by atoms with Crippen molar-refractivity contribution in [2.75, 3.05) is 19.8 Å². The van der Waals surface area contributed by atoms with Gasteiger partial charge >= 0.3 is 0 Å². The first-order chi connectivity index (χ1) is 8.81. The summed E-state index contributed by atoms with van der Waals surface area (Å²) >= 11 is 0. The standard InChI is InChI=1S/C15H28N2O/c1-11(8-14-10-18-7-6-16-14)17-15-9-12-2-4-13(15)5-3-12/h11-17H,2-10H2,1H3. The molecule has 0 spiro atoms. The normalized spacial score (nSPS) is 41.8. The molecule has 2 bridgehead atoms. The van der Waals surface area contributed by atoms with E-state index in [1.807, 2.05) is 0 Å². The third-order valence-electron chi connectivity index (χ3n) is 5.18. The first-order valence-electron chi connectivity index (χ1n) is 7.88. The Morgan fingerprint density at radius 2 is 2.11 bits per heavy atom. The number of hydrogen-bond acceptors (Lipinski definition) is 3. The van der Waals surface area contributed by atoms with E-state index in [4.69, 9.17) is 4.74 Å². The molecule has 4 rings (SSSR count). The fourth-order valence-corrected chi connectivity index (χ4v) is 4.21. The van der Waals surface area contributed by atoms with E-state index in [0.29, 0.717) is 12.1 Å². The van der Waals surface area contributed by atoms with E-state index in [1.54, 1.807) is 0 Å². The molecule has 3 unspecified atom stereocenters. The van der Waals surface area contributed by atoms with Gasteiger partial charge in [0.15, 0.2) is 0 Å². The molecule has 0 aromatic carbocycles. The van der Waals surface area contributed by atoms with Crippen molar-refractivity contribution in [3.63, 3.8) is 0 Å². The fraction of sp³-hybridized carbons (Fsp3) is 1.00. The average Bonchev–Trinajstić information content (AvgIpc) is 2.41. The van der Waals surface area contributed by atoms with Gasteiger partial charge in [-0.3, -0.25) is 0 Å². The summed E-state index contributed by atoms with van der Waals surface area (Å²) < 4.78 is 5.53. The molecule has 1 aliphatic heterocycles. The Morgan fingerprint density at radius 1 is 1.28 bits per heavy atom. The fourth-order valence-electron chi connectivity index (χ4n) is 4.21. The second-order valence-corrected chi connectivity index (χ2v) is 6.65. The molecule has 0 aromatic heterocycles. The van der Waals surface area contributed by atoms with Crippen LogP contribution in [-0.2, 0) is 4.74 Å². The van der Waals surface area contributed by atoms with Crippen molar-refractivity contribution < 1.29 is 4.74 Å². The molecule has 3 atom stereocenters. The molecule has 1 heterocycles.